The molecular formula is C18H36O3SSi2. The first-order valence-electron chi connectivity index (χ1n) is 9.40. The van der Waals surface area contributed by atoms with E-state index in [2.05, 4.69) is 67.7 Å². The van der Waals surface area contributed by atoms with E-state index < -0.39 is 17.1 Å². The minimum atomic E-state index is -2.43. The average Bonchev–Trinajstić information content (AvgIpc) is 2.77. The standard InChI is InChI=1S/C18H36O3SSi2/c1-12(2)23(13(3)4)19-10-17-18(16(9)11-22-17)20-24(21-23,14(5)6)15(7)8/h11-15,17-18H,10H2,1-9H3/t17-,18+/m1/s1. The Morgan fingerprint density at radius 3 is 1.88 bits per heavy atom. The van der Waals surface area contributed by atoms with Crippen molar-refractivity contribution < 1.29 is 13.0 Å². The maximum atomic E-state index is 7.17. The summed E-state index contributed by atoms with van der Waals surface area (Å²) in [6, 6.07) is 0. The van der Waals surface area contributed by atoms with E-state index in [0.717, 1.165) is 6.61 Å². The second kappa shape index (κ2) is 7.57. The van der Waals surface area contributed by atoms with Gasteiger partial charge in [-0.2, -0.15) is 0 Å². The van der Waals surface area contributed by atoms with Crippen LogP contribution in [0.15, 0.2) is 11.0 Å². The highest BCUT2D eigenvalue weighted by Crippen LogP contribution is 2.48. The van der Waals surface area contributed by atoms with Crippen LogP contribution in [0.2, 0.25) is 22.2 Å². The molecule has 2 heterocycles. The molecule has 0 aromatic heterocycles. The Hall–Kier alpha value is 0.404. The van der Waals surface area contributed by atoms with Crippen LogP contribution in [0.4, 0.5) is 0 Å². The predicted octanol–water partition coefficient (Wildman–Crippen LogP) is 5.96. The van der Waals surface area contributed by atoms with E-state index in [1.165, 1.54) is 5.57 Å². The van der Waals surface area contributed by atoms with E-state index in [4.69, 9.17) is 13.0 Å². The molecule has 2 aliphatic heterocycles. The van der Waals surface area contributed by atoms with Crippen molar-refractivity contribution in [2.45, 2.75) is 95.8 Å². The van der Waals surface area contributed by atoms with E-state index >= 15 is 0 Å². The van der Waals surface area contributed by atoms with Crippen LogP contribution in [0, 0.1) is 0 Å². The summed E-state index contributed by atoms with van der Waals surface area (Å²) < 4.78 is 20.9. The van der Waals surface area contributed by atoms with Crippen LogP contribution in [0.5, 0.6) is 0 Å². The van der Waals surface area contributed by atoms with Crippen LogP contribution in [0.1, 0.15) is 62.3 Å². The van der Waals surface area contributed by atoms with Gasteiger partial charge in [0.15, 0.2) is 0 Å². The number of thioether (sulfide) groups is 1. The van der Waals surface area contributed by atoms with Crippen molar-refractivity contribution in [2.24, 2.45) is 0 Å². The Labute approximate surface area is 155 Å². The van der Waals surface area contributed by atoms with Crippen molar-refractivity contribution in [1.29, 1.82) is 0 Å². The lowest BCUT2D eigenvalue weighted by Gasteiger charge is -2.51. The fraction of sp³-hybridized carbons (Fsp3) is 0.889. The molecule has 0 N–H and O–H groups in total. The van der Waals surface area contributed by atoms with Gasteiger partial charge in [0.05, 0.1) is 18.0 Å². The predicted molar refractivity (Wildman–Crippen MR) is 109 cm³/mol. The number of fused-ring (bicyclic) bond motifs is 1. The zero-order chi connectivity index (χ0) is 18.3. The molecule has 0 unspecified atom stereocenters. The van der Waals surface area contributed by atoms with Gasteiger partial charge in [-0.25, -0.2) is 0 Å². The summed E-state index contributed by atoms with van der Waals surface area (Å²) in [6.45, 7) is 21.2. The second-order valence-electron chi connectivity index (χ2n) is 8.55. The molecule has 6 heteroatoms. The molecule has 0 aromatic rings. The van der Waals surface area contributed by atoms with Gasteiger partial charge in [-0.3, -0.25) is 0 Å². The van der Waals surface area contributed by atoms with Gasteiger partial charge in [-0.15, -0.1) is 11.8 Å². The summed E-state index contributed by atoms with van der Waals surface area (Å²) in [7, 11) is -4.79. The highest BCUT2D eigenvalue weighted by atomic mass is 32.2. The average molecular weight is 389 g/mol. The van der Waals surface area contributed by atoms with Crippen LogP contribution in [0.3, 0.4) is 0 Å². The van der Waals surface area contributed by atoms with Crippen molar-refractivity contribution in [3.63, 3.8) is 0 Å². The molecule has 24 heavy (non-hydrogen) atoms. The largest absolute Gasteiger partial charge is 0.414 e. The summed E-state index contributed by atoms with van der Waals surface area (Å²) >= 11 is 1.88. The number of hydrogen-bond acceptors (Lipinski definition) is 4. The van der Waals surface area contributed by atoms with Crippen molar-refractivity contribution in [3.8, 4) is 0 Å². The van der Waals surface area contributed by atoms with Gasteiger partial charge in [0.1, 0.15) is 0 Å². The SMILES string of the molecule is CC1=CS[C@@H]2CO[Si](C(C)C)(C(C)C)O[Si](C(C)C)(C(C)C)O[C@@H]12. The summed E-state index contributed by atoms with van der Waals surface area (Å²) in [5.74, 6) is 0. The molecule has 2 rings (SSSR count). The molecule has 0 aliphatic carbocycles. The molecule has 1 fully saturated rings. The molecular weight excluding hydrogens is 352 g/mol. The first kappa shape index (κ1) is 20.7. The van der Waals surface area contributed by atoms with Crippen molar-refractivity contribution in [3.05, 3.63) is 11.0 Å². The molecule has 0 bridgehead atoms. The minimum absolute atomic E-state index is 0.151. The Kier molecular flexibility index (Phi) is 6.53. The maximum absolute atomic E-state index is 7.17. The lowest BCUT2D eigenvalue weighted by Crippen LogP contribution is -2.64. The fourth-order valence-corrected chi connectivity index (χ4v) is 16.6. The first-order chi connectivity index (χ1) is 11.1. The van der Waals surface area contributed by atoms with Crippen LogP contribution in [-0.2, 0) is 13.0 Å². The lowest BCUT2D eigenvalue weighted by molar-refractivity contribution is 0.0895. The Morgan fingerprint density at radius 1 is 0.917 bits per heavy atom. The Morgan fingerprint density at radius 2 is 1.42 bits per heavy atom. The van der Waals surface area contributed by atoms with Gasteiger partial charge in [-0.1, -0.05) is 55.4 Å². The first-order valence-corrected chi connectivity index (χ1v) is 14.3. The summed E-state index contributed by atoms with van der Waals surface area (Å²) in [5.41, 5.74) is 2.98. The highest BCUT2D eigenvalue weighted by Gasteiger charge is 2.59. The van der Waals surface area contributed by atoms with Gasteiger partial charge in [-0.05, 0) is 40.1 Å². The van der Waals surface area contributed by atoms with E-state index in [1.54, 1.807) is 0 Å². The van der Waals surface area contributed by atoms with Crippen molar-refractivity contribution >= 4 is 28.9 Å². The third-order valence-electron chi connectivity index (χ3n) is 5.54. The van der Waals surface area contributed by atoms with Gasteiger partial charge in [0, 0.05) is 0 Å². The van der Waals surface area contributed by atoms with E-state index in [0.29, 0.717) is 27.4 Å². The maximum Gasteiger partial charge on any atom is 0.335 e. The quantitative estimate of drug-likeness (QED) is 0.555. The van der Waals surface area contributed by atoms with Crippen LogP contribution in [-0.4, -0.2) is 35.1 Å². The Balaban J connectivity index is 2.52. The van der Waals surface area contributed by atoms with E-state index in [-0.39, 0.29) is 6.10 Å². The third kappa shape index (κ3) is 3.47. The second-order valence-corrected chi connectivity index (χ2v) is 18.5. The molecule has 3 nitrogen and oxygen atoms in total. The Bertz CT molecular complexity index is 461. The van der Waals surface area contributed by atoms with Crippen molar-refractivity contribution in [2.75, 3.05) is 6.61 Å². The van der Waals surface area contributed by atoms with Gasteiger partial charge in [0.2, 0.25) is 0 Å². The summed E-state index contributed by atoms with van der Waals surface area (Å²) in [4.78, 5) is 0. The molecule has 0 aromatic carbocycles. The number of hydrogen-bond donors (Lipinski definition) is 0. The van der Waals surface area contributed by atoms with E-state index in [9.17, 15) is 0 Å². The molecule has 1 saturated heterocycles. The van der Waals surface area contributed by atoms with Gasteiger partial charge >= 0.3 is 17.1 Å². The van der Waals surface area contributed by atoms with Crippen molar-refractivity contribution in [1.82, 2.24) is 0 Å². The third-order valence-corrected chi connectivity index (χ3v) is 17.0. The monoisotopic (exact) mass is 388 g/mol. The minimum Gasteiger partial charge on any atom is -0.414 e. The smallest absolute Gasteiger partial charge is 0.335 e. The fourth-order valence-electron chi connectivity index (χ4n) is 4.05. The summed E-state index contributed by atoms with van der Waals surface area (Å²) in [5, 5.41) is 2.64. The van der Waals surface area contributed by atoms with Crippen LogP contribution < -0.4 is 0 Å². The molecule has 140 valence electrons. The topological polar surface area (TPSA) is 27.7 Å². The molecule has 0 amide bonds. The zero-order valence-electron chi connectivity index (χ0n) is 16.9. The molecule has 2 aliphatic rings. The molecule has 0 spiro atoms. The normalized spacial score (nSPS) is 29.8. The van der Waals surface area contributed by atoms with E-state index in [1.807, 2.05) is 11.8 Å². The van der Waals surface area contributed by atoms with Gasteiger partial charge in [0.25, 0.3) is 0 Å². The summed E-state index contributed by atoms with van der Waals surface area (Å²) in [6.07, 6.45) is 0.151. The number of rotatable bonds is 4. The lowest BCUT2D eigenvalue weighted by atomic mass is 10.1. The van der Waals surface area contributed by atoms with Crippen LogP contribution in [0.25, 0.3) is 0 Å². The highest BCUT2D eigenvalue weighted by molar-refractivity contribution is 8.03. The molecule has 2 atom stereocenters. The van der Waals surface area contributed by atoms with Crippen LogP contribution >= 0.6 is 11.8 Å². The molecule has 0 saturated carbocycles. The van der Waals surface area contributed by atoms with Gasteiger partial charge < -0.3 is 13.0 Å². The molecule has 0 radical (unpaired) electrons. The zero-order valence-corrected chi connectivity index (χ0v) is 19.7.